The summed E-state index contributed by atoms with van der Waals surface area (Å²) in [5, 5.41) is 20.3. The van der Waals surface area contributed by atoms with Gasteiger partial charge in [0.25, 0.3) is 0 Å². The van der Waals surface area contributed by atoms with Crippen LogP contribution in [0.2, 0.25) is 0 Å². The maximum Gasteiger partial charge on any atom is 0.407 e. The monoisotopic (exact) mass is 288 g/mol. The first-order valence-electron chi connectivity index (χ1n) is 5.93. The van der Waals surface area contributed by atoms with E-state index in [4.69, 9.17) is 10.8 Å². The number of carboxylic acid groups (broad SMARTS) is 2. The Labute approximate surface area is 116 Å². The lowest BCUT2D eigenvalue weighted by Gasteiger charge is -2.29. The molecule has 0 saturated carbocycles. The first kappa shape index (κ1) is 17.9. The molecule has 0 radical (unpaired) electrons. The minimum Gasteiger partial charge on any atom is -0.480 e. The van der Waals surface area contributed by atoms with Crippen molar-refractivity contribution in [3.8, 4) is 0 Å². The lowest BCUT2D eigenvalue weighted by molar-refractivity contribution is -0.144. The highest BCUT2D eigenvalue weighted by atomic mass is 16.5. The molecule has 0 aliphatic rings. The summed E-state index contributed by atoms with van der Waals surface area (Å²) in [6.45, 7) is 5.20. The van der Waals surface area contributed by atoms with E-state index >= 15 is 0 Å². The summed E-state index contributed by atoms with van der Waals surface area (Å²) in [5.41, 5.74) is 4.09. The van der Waals surface area contributed by atoms with Crippen LogP contribution in [0.15, 0.2) is 12.2 Å². The Hall–Kier alpha value is -2.09. The molecule has 2 unspecified atom stereocenters. The number of amides is 1. The van der Waals surface area contributed by atoms with E-state index in [-0.39, 0.29) is 19.3 Å². The van der Waals surface area contributed by atoms with Crippen molar-refractivity contribution in [2.75, 3.05) is 7.11 Å². The number of rotatable bonds is 8. The van der Waals surface area contributed by atoms with Gasteiger partial charge in [-0.05, 0) is 12.8 Å². The molecule has 1 amide bonds. The molecule has 8 heteroatoms. The highest BCUT2D eigenvalue weighted by Gasteiger charge is 2.39. The molecule has 8 nitrogen and oxygen atoms in total. The quantitative estimate of drug-likeness (QED) is 0.472. The smallest absolute Gasteiger partial charge is 0.407 e. The second kappa shape index (κ2) is 7.49. The fourth-order valence-corrected chi connectivity index (χ4v) is 1.68. The third kappa shape index (κ3) is 4.88. The fourth-order valence-electron chi connectivity index (χ4n) is 1.68. The van der Waals surface area contributed by atoms with Crippen LogP contribution in [0.1, 0.15) is 26.2 Å². The fraction of sp³-hybridized carbons (Fsp3) is 0.583. The predicted molar refractivity (Wildman–Crippen MR) is 70.2 cm³/mol. The molecule has 0 aromatic carbocycles. The molecule has 0 aromatic rings. The van der Waals surface area contributed by atoms with Crippen molar-refractivity contribution in [1.82, 2.24) is 5.32 Å². The molecule has 2 atom stereocenters. The number of alkyl carbamates (subject to hydrolysis) is 1. The summed E-state index contributed by atoms with van der Waals surface area (Å²) in [6, 6.07) is -1.16. The van der Waals surface area contributed by atoms with Crippen molar-refractivity contribution in [2.45, 2.75) is 37.8 Å². The largest absolute Gasteiger partial charge is 0.480 e. The number of carbonyl (C=O) groups is 3. The Morgan fingerprint density at radius 2 is 1.95 bits per heavy atom. The highest BCUT2D eigenvalue weighted by molar-refractivity contribution is 5.84. The summed E-state index contributed by atoms with van der Waals surface area (Å²) in [6.07, 6.45) is -1.01. The van der Waals surface area contributed by atoms with Gasteiger partial charge in [-0.15, -0.1) is 0 Å². The van der Waals surface area contributed by atoms with E-state index in [1.807, 2.05) is 0 Å². The summed E-state index contributed by atoms with van der Waals surface area (Å²) in [5.74, 6) is -2.46. The normalized spacial score (nSPS) is 14.8. The van der Waals surface area contributed by atoms with Gasteiger partial charge in [0.05, 0.1) is 7.11 Å². The molecule has 5 N–H and O–H groups in total. The van der Waals surface area contributed by atoms with Crippen LogP contribution < -0.4 is 11.1 Å². The van der Waals surface area contributed by atoms with Crippen molar-refractivity contribution in [1.29, 1.82) is 0 Å². The number of aliphatic carboxylic acids is 2. The first-order chi connectivity index (χ1) is 9.18. The van der Waals surface area contributed by atoms with E-state index in [0.29, 0.717) is 5.57 Å². The minimum atomic E-state index is -1.59. The molecular formula is C12H20N2O6. The average molecular weight is 288 g/mol. The Bertz CT molecular complexity index is 409. The number of methoxy groups -OCH3 is 1. The van der Waals surface area contributed by atoms with E-state index < -0.39 is 29.6 Å². The zero-order valence-corrected chi connectivity index (χ0v) is 11.5. The Morgan fingerprint density at radius 3 is 2.30 bits per heavy atom. The van der Waals surface area contributed by atoms with E-state index in [1.54, 1.807) is 6.92 Å². The Morgan fingerprint density at radius 1 is 1.40 bits per heavy atom. The van der Waals surface area contributed by atoms with Crippen molar-refractivity contribution in [3.63, 3.8) is 0 Å². The number of carboxylic acids is 2. The van der Waals surface area contributed by atoms with Gasteiger partial charge in [-0.1, -0.05) is 19.1 Å². The highest BCUT2D eigenvalue weighted by Crippen LogP contribution is 2.23. The molecular weight excluding hydrogens is 268 g/mol. The van der Waals surface area contributed by atoms with Gasteiger partial charge in [0.2, 0.25) is 0 Å². The van der Waals surface area contributed by atoms with Crippen LogP contribution in [0, 0.1) is 0 Å². The summed E-state index contributed by atoms with van der Waals surface area (Å²) in [7, 11) is 1.12. The summed E-state index contributed by atoms with van der Waals surface area (Å²) >= 11 is 0. The zero-order valence-electron chi connectivity index (χ0n) is 11.5. The van der Waals surface area contributed by atoms with Gasteiger partial charge in [0, 0.05) is 6.42 Å². The second-order valence-electron chi connectivity index (χ2n) is 4.43. The molecule has 0 heterocycles. The molecule has 0 aromatic heterocycles. The molecule has 0 aliphatic heterocycles. The molecule has 0 fully saturated rings. The molecule has 0 aliphatic carbocycles. The molecule has 114 valence electrons. The maximum absolute atomic E-state index is 11.4. The molecule has 0 spiro atoms. The molecule has 0 rings (SSSR count). The van der Waals surface area contributed by atoms with Gasteiger partial charge in [-0.3, -0.25) is 4.79 Å². The molecule has 0 bridgehead atoms. The van der Waals surface area contributed by atoms with Gasteiger partial charge in [0.1, 0.15) is 11.6 Å². The van der Waals surface area contributed by atoms with E-state index in [1.165, 1.54) is 0 Å². The van der Waals surface area contributed by atoms with Gasteiger partial charge >= 0.3 is 18.0 Å². The molecule has 20 heavy (non-hydrogen) atoms. The number of hydrogen-bond acceptors (Lipinski definition) is 5. The van der Waals surface area contributed by atoms with Crippen molar-refractivity contribution < 1.29 is 29.3 Å². The van der Waals surface area contributed by atoms with Gasteiger partial charge in [-0.2, -0.15) is 0 Å². The average Bonchev–Trinajstić information content (AvgIpc) is 2.36. The van der Waals surface area contributed by atoms with E-state index in [0.717, 1.165) is 7.11 Å². The van der Waals surface area contributed by atoms with Crippen molar-refractivity contribution in [2.24, 2.45) is 5.73 Å². The van der Waals surface area contributed by atoms with Crippen LogP contribution in [0.5, 0.6) is 0 Å². The topological polar surface area (TPSA) is 139 Å². The van der Waals surface area contributed by atoms with Gasteiger partial charge < -0.3 is 26.0 Å². The standard InChI is InChI=1S/C12H20N2O6/c1-4-12(10(17)18,14-11(19)20-3)6-7(2)5-8(13)9(15)16/h8H,2,4-6,13H2,1,3H3,(H,14,19)(H,15,16)(H,17,18). The number of hydrogen-bond donors (Lipinski definition) is 4. The van der Waals surface area contributed by atoms with Crippen LogP contribution in [-0.2, 0) is 14.3 Å². The molecule has 0 saturated heterocycles. The van der Waals surface area contributed by atoms with Crippen LogP contribution in [0.3, 0.4) is 0 Å². The van der Waals surface area contributed by atoms with Gasteiger partial charge in [-0.25, -0.2) is 9.59 Å². The lowest BCUT2D eigenvalue weighted by atomic mass is 9.86. The van der Waals surface area contributed by atoms with Crippen LogP contribution in [0.25, 0.3) is 0 Å². The number of nitrogens with two attached hydrogens (primary N) is 1. The summed E-state index contributed by atoms with van der Waals surface area (Å²) < 4.78 is 4.40. The van der Waals surface area contributed by atoms with Crippen molar-refractivity contribution in [3.05, 3.63) is 12.2 Å². The maximum atomic E-state index is 11.4. The number of nitrogens with one attached hydrogen (secondary N) is 1. The Kier molecular flexibility index (Phi) is 6.70. The van der Waals surface area contributed by atoms with Gasteiger partial charge in [0.15, 0.2) is 0 Å². The van der Waals surface area contributed by atoms with Crippen LogP contribution in [-0.4, -0.2) is 46.9 Å². The SMILES string of the molecule is C=C(CC(N)C(=O)O)CC(CC)(NC(=O)OC)C(=O)O. The van der Waals surface area contributed by atoms with E-state index in [2.05, 4.69) is 16.6 Å². The first-order valence-corrected chi connectivity index (χ1v) is 5.93. The third-order valence-electron chi connectivity index (χ3n) is 2.92. The number of ether oxygens (including phenoxy) is 1. The van der Waals surface area contributed by atoms with Crippen molar-refractivity contribution >= 4 is 18.0 Å². The summed E-state index contributed by atoms with van der Waals surface area (Å²) in [4.78, 5) is 33.3. The predicted octanol–water partition coefficient (Wildman–Crippen LogP) is 0.324. The lowest BCUT2D eigenvalue weighted by Crippen LogP contribution is -2.54. The third-order valence-corrected chi connectivity index (χ3v) is 2.92. The Balaban J connectivity index is 4.98. The van der Waals surface area contributed by atoms with Crippen LogP contribution >= 0.6 is 0 Å². The second-order valence-corrected chi connectivity index (χ2v) is 4.43. The van der Waals surface area contributed by atoms with Crippen LogP contribution in [0.4, 0.5) is 4.79 Å². The van der Waals surface area contributed by atoms with E-state index in [9.17, 15) is 19.5 Å². The minimum absolute atomic E-state index is 0.0762. The zero-order chi connectivity index (χ0) is 15.9. The number of carbonyl (C=O) groups excluding carboxylic acids is 1.